The molecule has 0 aliphatic carbocycles. The molecule has 1 heterocycles. The van der Waals surface area contributed by atoms with Crippen LogP contribution in [0.25, 0.3) is 0 Å². The van der Waals surface area contributed by atoms with Crippen LogP contribution < -0.4 is 11.1 Å². The number of rotatable bonds is 1. The summed E-state index contributed by atoms with van der Waals surface area (Å²) in [6, 6.07) is -1.11. The van der Waals surface area contributed by atoms with Gasteiger partial charge in [-0.05, 0) is 0 Å². The van der Waals surface area contributed by atoms with Gasteiger partial charge in [-0.1, -0.05) is 0 Å². The van der Waals surface area contributed by atoms with Gasteiger partial charge in [0.1, 0.15) is 12.2 Å². The van der Waals surface area contributed by atoms with Crippen molar-refractivity contribution in [1.29, 1.82) is 0 Å². The van der Waals surface area contributed by atoms with Gasteiger partial charge in [-0.3, -0.25) is 4.79 Å². The lowest BCUT2D eigenvalue weighted by Gasteiger charge is -2.37. The highest BCUT2D eigenvalue weighted by Gasteiger charge is 2.44. The molecule has 7 nitrogen and oxygen atoms in total. The van der Waals surface area contributed by atoms with Crippen LogP contribution in [0.4, 0.5) is 0 Å². The van der Waals surface area contributed by atoms with Crippen LogP contribution in [0.3, 0.4) is 0 Å². The van der Waals surface area contributed by atoms with Gasteiger partial charge in [-0.15, -0.1) is 0 Å². The number of likely N-dealkylation sites (N-methyl/N-ethyl adjacent to an activating group) is 1. The Bertz CT molecular complexity index is 224. The lowest BCUT2D eigenvalue weighted by atomic mass is 9.96. The molecule has 2 unspecified atom stereocenters. The van der Waals surface area contributed by atoms with Crippen LogP contribution in [0.1, 0.15) is 0 Å². The Morgan fingerprint density at radius 3 is 2.43 bits per heavy atom. The van der Waals surface area contributed by atoms with Crippen LogP contribution in [-0.4, -0.2) is 58.9 Å². The highest BCUT2D eigenvalue weighted by molar-refractivity contribution is 5.81. The van der Waals surface area contributed by atoms with Gasteiger partial charge in [0, 0.05) is 7.05 Å². The van der Waals surface area contributed by atoms with Gasteiger partial charge in [-0.2, -0.15) is 0 Å². The third-order valence-corrected chi connectivity index (χ3v) is 2.18. The van der Waals surface area contributed by atoms with E-state index in [4.69, 9.17) is 15.6 Å². The first-order valence-electron chi connectivity index (χ1n) is 4.16. The molecule has 0 spiro atoms. The van der Waals surface area contributed by atoms with Crippen LogP contribution >= 0.6 is 0 Å². The minimum atomic E-state index is -1.56. The Labute approximate surface area is 80.5 Å². The molecule has 0 aromatic rings. The molecule has 0 bridgehead atoms. The second kappa shape index (κ2) is 4.20. The molecule has 6 N–H and O–H groups in total. The van der Waals surface area contributed by atoms with Crippen molar-refractivity contribution in [2.24, 2.45) is 5.73 Å². The van der Waals surface area contributed by atoms with Gasteiger partial charge in [0.2, 0.25) is 0 Å². The molecule has 1 fully saturated rings. The topological polar surface area (TPSA) is 125 Å². The van der Waals surface area contributed by atoms with Gasteiger partial charge < -0.3 is 31.1 Å². The summed E-state index contributed by atoms with van der Waals surface area (Å²) in [5.74, 6) is -0.598. The normalized spacial score (nSPS) is 43.4. The fraction of sp³-hybridized carbons (Fsp3) is 0.857. The lowest BCUT2D eigenvalue weighted by molar-refractivity contribution is -0.247. The van der Waals surface area contributed by atoms with Crippen molar-refractivity contribution in [3.63, 3.8) is 0 Å². The quantitative estimate of drug-likeness (QED) is 0.303. The zero-order valence-corrected chi connectivity index (χ0v) is 7.62. The van der Waals surface area contributed by atoms with Crippen LogP contribution in [0.5, 0.6) is 0 Å². The number of aliphatic hydroxyl groups is 3. The minimum absolute atomic E-state index is 0.598. The molecular formula is C7H14N2O5. The smallest absolute Gasteiger partial charge is 0.251 e. The molecule has 1 saturated heterocycles. The first-order chi connectivity index (χ1) is 6.49. The van der Waals surface area contributed by atoms with Crippen molar-refractivity contribution in [3.8, 4) is 0 Å². The van der Waals surface area contributed by atoms with E-state index in [0.29, 0.717) is 0 Å². The van der Waals surface area contributed by atoms with Crippen LogP contribution in [0.2, 0.25) is 0 Å². The van der Waals surface area contributed by atoms with Crippen LogP contribution in [-0.2, 0) is 9.53 Å². The summed E-state index contributed by atoms with van der Waals surface area (Å²) in [4.78, 5) is 11.1. The van der Waals surface area contributed by atoms with Gasteiger partial charge in [0.25, 0.3) is 5.91 Å². The summed E-state index contributed by atoms with van der Waals surface area (Å²) in [6.07, 6.45) is -5.55. The SMILES string of the molecule is CNC(=O)C1O[C@@H](O)[C@@H](O)C(N)[C@@H]1O. The Balaban J connectivity index is 2.75. The number of ether oxygens (including phenoxy) is 1. The molecule has 1 rings (SSSR count). The Morgan fingerprint density at radius 2 is 1.93 bits per heavy atom. The monoisotopic (exact) mass is 206 g/mol. The first-order valence-corrected chi connectivity index (χ1v) is 4.16. The maximum atomic E-state index is 11.1. The van der Waals surface area contributed by atoms with Gasteiger partial charge in [0.05, 0.1) is 6.04 Å². The Hall–Kier alpha value is -0.730. The van der Waals surface area contributed by atoms with E-state index < -0.39 is 36.6 Å². The third kappa shape index (κ3) is 1.86. The molecule has 5 atom stereocenters. The second-order valence-corrected chi connectivity index (χ2v) is 3.12. The average Bonchev–Trinajstić information content (AvgIpc) is 2.19. The fourth-order valence-corrected chi connectivity index (χ4v) is 1.26. The standard InChI is InChI=1S/C7H14N2O5/c1-9-6(12)5-3(10)2(8)4(11)7(13)14-5/h2-5,7,10-11,13H,8H2,1H3,(H,9,12)/t2?,3-,4-,5?,7+/m0/s1. The fourth-order valence-electron chi connectivity index (χ4n) is 1.26. The van der Waals surface area contributed by atoms with Gasteiger partial charge in [-0.25, -0.2) is 0 Å². The van der Waals surface area contributed by atoms with E-state index in [-0.39, 0.29) is 0 Å². The van der Waals surface area contributed by atoms with Crippen molar-refractivity contribution in [2.45, 2.75) is 30.6 Å². The Kier molecular flexibility index (Phi) is 3.40. The summed E-state index contributed by atoms with van der Waals surface area (Å²) in [5, 5.41) is 30.0. The average molecular weight is 206 g/mol. The molecule has 1 aliphatic rings. The number of hydrogen-bond acceptors (Lipinski definition) is 6. The molecule has 14 heavy (non-hydrogen) atoms. The lowest BCUT2D eigenvalue weighted by Crippen LogP contribution is -2.64. The molecule has 0 aromatic heterocycles. The van der Waals surface area contributed by atoms with E-state index in [0.717, 1.165) is 0 Å². The third-order valence-electron chi connectivity index (χ3n) is 2.18. The minimum Gasteiger partial charge on any atom is -0.388 e. The molecule has 82 valence electrons. The Morgan fingerprint density at radius 1 is 1.36 bits per heavy atom. The van der Waals surface area contributed by atoms with Gasteiger partial charge in [0.15, 0.2) is 12.4 Å². The van der Waals surface area contributed by atoms with Crippen molar-refractivity contribution in [2.75, 3.05) is 7.05 Å². The van der Waals surface area contributed by atoms with Gasteiger partial charge >= 0.3 is 0 Å². The largest absolute Gasteiger partial charge is 0.388 e. The number of aliphatic hydroxyl groups excluding tert-OH is 3. The number of nitrogens with one attached hydrogen (secondary N) is 1. The first kappa shape index (κ1) is 11.3. The van der Waals surface area contributed by atoms with Crippen molar-refractivity contribution < 1.29 is 24.9 Å². The van der Waals surface area contributed by atoms with E-state index in [2.05, 4.69) is 5.32 Å². The number of amides is 1. The maximum Gasteiger partial charge on any atom is 0.251 e. The molecule has 0 saturated carbocycles. The van der Waals surface area contributed by atoms with Crippen LogP contribution in [0.15, 0.2) is 0 Å². The molecule has 7 heteroatoms. The summed E-state index contributed by atoms with van der Waals surface area (Å²) in [5.41, 5.74) is 5.38. The summed E-state index contributed by atoms with van der Waals surface area (Å²) >= 11 is 0. The van der Waals surface area contributed by atoms with Crippen molar-refractivity contribution >= 4 is 5.91 Å². The molecule has 0 radical (unpaired) electrons. The number of carbonyl (C=O) groups excluding carboxylic acids is 1. The molecule has 0 aromatic carbocycles. The zero-order chi connectivity index (χ0) is 10.9. The van der Waals surface area contributed by atoms with Crippen molar-refractivity contribution in [3.05, 3.63) is 0 Å². The number of hydrogen-bond donors (Lipinski definition) is 5. The van der Waals surface area contributed by atoms with Crippen molar-refractivity contribution in [1.82, 2.24) is 5.32 Å². The van der Waals surface area contributed by atoms with E-state index >= 15 is 0 Å². The van der Waals surface area contributed by atoms with Crippen LogP contribution in [0, 0.1) is 0 Å². The number of nitrogens with two attached hydrogens (primary N) is 1. The molecule has 1 amide bonds. The predicted octanol–water partition coefficient (Wildman–Crippen LogP) is -3.50. The summed E-state index contributed by atoms with van der Waals surface area (Å²) < 4.78 is 4.70. The zero-order valence-electron chi connectivity index (χ0n) is 7.62. The highest BCUT2D eigenvalue weighted by atomic mass is 16.6. The second-order valence-electron chi connectivity index (χ2n) is 3.12. The number of carbonyl (C=O) groups is 1. The molecular weight excluding hydrogens is 192 g/mol. The maximum absolute atomic E-state index is 11.1. The van der Waals surface area contributed by atoms with E-state index in [9.17, 15) is 15.0 Å². The van der Waals surface area contributed by atoms with E-state index in [1.165, 1.54) is 7.05 Å². The highest BCUT2D eigenvalue weighted by Crippen LogP contribution is 2.18. The summed E-state index contributed by atoms with van der Waals surface area (Å²) in [7, 11) is 1.36. The predicted molar refractivity (Wildman–Crippen MR) is 44.9 cm³/mol. The van der Waals surface area contributed by atoms with E-state index in [1.807, 2.05) is 0 Å². The molecule has 1 aliphatic heterocycles. The van der Waals surface area contributed by atoms with E-state index in [1.54, 1.807) is 0 Å². The summed E-state index contributed by atoms with van der Waals surface area (Å²) in [6.45, 7) is 0.